The minimum Gasteiger partial charge on any atom is -0.481 e. The Hall–Kier alpha value is -2.09. The molecule has 1 aromatic rings. The largest absolute Gasteiger partial charge is 0.481 e. The Kier molecular flexibility index (Phi) is 7.41. The molecular weight excluding hydrogens is 353 g/mol. The number of nitro benzene ring substituents is 1. The van der Waals surface area contributed by atoms with Crippen molar-refractivity contribution in [1.82, 2.24) is 0 Å². The lowest BCUT2D eigenvalue weighted by molar-refractivity contribution is -0.384. The van der Waals surface area contributed by atoms with E-state index < -0.39 is 35.8 Å². The second-order valence-electron chi connectivity index (χ2n) is 5.10. The van der Waals surface area contributed by atoms with E-state index in [-0.39, 0.29) is 24.5 Å². The third-order valence-corrected chi connectivity index (χ3v) is 5.87. The van der Waals surface area contributed by atoms with E-state index in [4.69, 9.17) is 9.05 Å². The molecule has 0 fully saturated rings. The van der Waals surface area contributed by atoms with Crippen molar-refractivity contribution in [3.8, 4) is 0 Å². The summed E-state index contributed by atoms with van der Waals surface area (Å²) >= 11 is 0. The van der Waals surface area contributed by atoms with Crippen LogP contribution in [0.5, 0.6) is 0 Å². The first-order chi connectivity index (χ1) is 11.7. The lowest BCUT2D eigenvalue weighted by Gasteiger charge is -2.28. The third-order valence-electron chi connectivity index (χ3n) is 3.43. The molecule has 25 heavy (non-hydrogen) atoms. The van der Waals surface area contributed by atoms with E-state index in [9.17, 15) is 29.4 Å². The second-order valence-corrected chi connectivity index (χ2v) is 7.25. The van der Waals surface area contributed by atoms with Crippen molar-refractivity contribution < 1.29 is 33.2 Å². The molecule has 2 atom stereocenters. The highest BCUT2D eigenvalue weighted by molar-refractivity contribution is 7.55. The molecular formula is C15H20NO8P. The predicted molar refractivity (Wildman–Crippen MR) is 88.8 cm³/mol. The molecule has 0 unspecified atom stereocenters. The summed E-state index contributed by atoms with van der Waals surface area (Å²) in [5.74, 6) is -3.41. The summed E-state index contributed by atoms with van der Waals surface area (Å²) in [6.45, 7) is 4.08. The van der Waals surface area contributed by atoms with Gasteiger partial charge in [0, 0.05) is 12.1 Å². The van der Waals surface area contributed by atoms with Crippen LogP contribution in [-0.2, 0) is 23.2 Å². The molecule has 0 aliphatic carbocycles. The number of benzene rings is 1. The number of nitrogens with zero attached hydrogens (tertiary/aromatic N) is 1. The Bertz CT molecular complexity index is 677. The van der Waals surface area contributed by atoms with Gasteiger partial charge in [0.05, 0.1) is 24.1 Å². The monoisotopic (exact) mass is 373 g/mol. The van der Waals surface area contributed by atoms with Gasteiger partial charge in [-0.2, -0.15) is 0 Å². The summed E-state index contributed by atoms with van der Waals surface area (Å²) in [4.78, 5) is 34.1. The van der Waals surface area contributed by atoms with Crippen LogP contribution in [0.3, 0.4) is 0 Å². The molecule has 0 spiro atoms. The van der Waals surface area contributed by atoms with Crippen LogP contribution in [0.25, 0.3) is 0 Å². The Morgan fingerprint density at radius 2 is 1.68 bits per heavy atom. The van der Waals surface area contributed by atoms with Crippen LogP contribution in [0.1, 0.15) is 32.3 Å². The van der Waals surface area contributed by atoms with Gasteiger partial charge in [-0.15, -0.1) is 0 Å². The summed E-state index contributed by atoms with van der Waals surface area (Å²) < 4.78 is 23.2. The van der Waals surface area contributed by atoms with E-state index in [1.54, 1.807) is 0 Å². The highest BCUT2D eigenvalue weighted by Crippen LogP contribution is 2.57. The van der Waals surface area contributed by atoms with Gasteiger partial charge in [0.25, 0.3) is 5.69 Å². The molecule has 9 nitrogen and oxygen atoms in total. The van der Waals surface area contributed by atoms with Gasteiger partial charge in [0.1, 0.15) is 5.78 Å². The summed E-state index contributed by atoms with van der Waals surface area (Å²) in [6, 6.07) is 4.83. The third kappa shape index (κ3) is 4.94. The maximum Gasteiger partial charge on any atom is 0.345 e. The number of hydrogen-bond acceptors (Lipinski definition) is 7. The van der Waals surface area contributed by atoms with E-state index >= 15 is 0 Å². The zero-order valence-corrected chi connectivity index (χ0v) is 15.0. The average Bonchev–Trinajstić information content (AvgIpc) is 2.52. The standard InChI is InChI=1S/C15H20NO8P/c1-4-23-25(22,24-5-2)14(15(18)19)13(10(3)17)11-6-8-12(9-7-11)16(20)21/h6-9,13-14H,4-5H2,1-3H3,(H,18,19)/t13-,14-/m1/s1. The molecule has 0 radical (unpaired) electrons. The topological polar surface area (TPSA) is 133 Å². The summed E-state index contributed by atoms with van der Waals surface area (Å²) in [7, 11) is -4.15. The fourth-order valence-corrected chi connectivity index (χ4v) is 4.59. The zero-order valence-electron chi connectivity index (χ0n) is 14.1. The van der Waals surface area contributed by atoms with Gasteiger partial charge in [-0.3, -0.25) is 24.3 Å². The lowest BCUT2D eigenvalue weighted by atomic mass is 9.91. The summed E-state index contributed by atoms with van der Waals surface area (Å²) in [5, 5.41) is 20.3. The number of ketones is 1. The van der Waals surface area contributed by atoms with Crippen LogP contribution < -0.4 is 0 Å². The number of non-ortho nitro benzene ring substituents is 1. The lowest BCUT2D eigenvalue weighted by Crippen LogP contribution is -2.33. The van der Waals surface area contributed by atoms with E-state index in [1.807, 2.05) is 0 Å². The van der Waals surface area contributed by atoms with Crippen LogP contribution >= 0.6 is 7.60 Å². The molecule has 0 amide bonds. The maximum atomic E-state index is 13.0. The second kappa shape index (κ2) is 8.84. The molecule has 0 saturated carbocycles. The Balaban J connectivity index is 3.44. The fraction of sp³-hybridized carbons (Fsp3) is 0.467. The zero-order chi connectivity index (χ0) is 19.2. The summed E-state index contributed by atoms with van der Waals surface area (Å²) in [6.07, 6.45) is 0. The van der Waals surface area contributed by atoms with Gasteiger partial charge in [-0.05, 0) is 26.3 Å². The van der Waals surface area contributed by atoms with Gasteiger partial charge < -0.3 is 14.2 Å². The van der Waals surface area contributed by atoms with Crippen molar-refractivity contribution in [2.75, 3.05) is 13.2 Å². The highest BCUT2D eigenvalue weighted by Gasteiger charge is 2.49. The molecule has 0 aliphatic rings. The minimum atomic E-state index is -4.15. The predicted octanol–water partition coefficient (Wildman–Crippen LogP) is 2.99. The molecule has 0 bridgehead atoms. The molecule has 10 heteroatoms. The van der Waals surface area contributed by atoms with Crippen molar-refractivity contribution in [2.45, 2.75) is 32.3 Å². The number of carbonyl (C=O) groups excluding carboxylic acids is 1. The molecule has 0 aliphatic heterocycles. The van der Waals surface area contributed by atoms with Gasteiger partial charge in [-0.1, -0.05) is 12.1 Å². The van der Waals surface area contributed by atoms with Crippen LogP contribution in [0.2, 0.25) is 0 Å². The van der Waals surface area contributed by atoms with Gasteiger partial charge in [0.2, 0.25) is 0 Å². The number of carboxylic acids is 1. The number of aliphatic carboxylic acids is 1. The average molecular weight is 373 g/mol. The van der Waals surface area contributed by atoms with Gasteiger partial charge in [-0.25, -0.2) is 0 Å². The Morgan fingerprint density at radius 1 is 1.20 bits per heavy atom. The fourth-order valence-electron chi connectivity index (χ4n) is 2.46. The van der Waals surface area contributed by atoms with Crippen LogP contribution in [0.15, 0.2) is 24.3 Å². The van der Waals surface area contributed by atoms with Crippen LogP contribution in [0.4, 0.5) is 5.69 Å². The molecule has 0 aromatic heterocycles. The van der Waals surface area contributed by atoms with Crippen molar-refractivity contribution in [3.05, 3.63) is 39.9 Å². The first kappa shape index (κ1) is 21.0. The Morgan fingerprint density at radius 3 is 2.00 bits per heavy atom. The molecule has 0 saturated heterocycles. The number of carboxylic acid groups (broad SMARTS) is 1. The van der Waals surface area contributed by atoms with Gasteiger partial charge in [0.15, 0.2) is 5.66 Å². The number of nitro groups is 1. The smallest absolute Gasteiger partial charge is 0.345 e. The minimum absolute atomic E-state index is 0.0635. The first-order valence-corrected chi connectivity index (χ1v) is 9.15. The number of carbonyl (C=O) groups is 2. The van der Waals surface area contributed by atoms with Crippen LogP contribution in [0, 0.1) is 10.1 Å². The van der Waals surface area contributed by atoms with E-state index in [0.717, 1.165) is 19.1 Å². The Labute approximate surface area is 144 Å². The maximum absolute atomic E-state index is 13.0. The molecule has 138 valence electrons. The van der Waals surface area contributed by atoms with Crippen molar-refractivity contribution in [3.63, 3.8) is 0 Å². The number of rotatable bonds is 10. The number of Topliss-reactive ketones (excluding diaryl/α,β-unsaturated/α-hetero) is 1. The van der Waals surface area contributed by atoms with Crippen molar-refractivity contribution in [1.29, 1.82) is 0 Å². The van der Waals surface area contributed by atoms with E-state index in [1.165, 1.54) is 26.0 Å². The van der Waals surface area contributed by atoms with Crippen molar-refractivity contribution in [2.24, 2.45) is 0 Å². The van der Waals surface area contributed by atoms with Crippen LogP contribution in [-0.4, -0.2) is 40.7 Å². The van der Waals surface area contributed by atoms with Crippen molar-refractivity contribution >= 4 is 25.0 Å². The molecule has 1 rings (SSSR count). The normalized spacial score (nSPS) is 13.9. The summed E-state index contributed by atoms with van der Waals surface area (Å²) in [5.41, 5.74) is -1.78. The van der Waals surface area contributed by atoms with E-state index in [0.29, 0.717) is 0 Å². The highest BCUT2D eigenvalue weighted by atomic mass is 31.2. The van der Waals surface area contributed by atoms with E-state index in [2.05, 4.69) is 0 Å². The molecule has 0 heterocycles. The first-order valence-electron chi connectivity index (χ1n) is 7.54. The molecule has 1 N–H and O–H groups in total. The van der Waals surface area contributed by atoms with Gasteiger partial charge >= 0.3 is 13.6 Å². The molecule has 1 aromatic carbocycles. The number of hydrogen-bond donors (Lipinski definition) is 1. The quantitative estimate of drug-likeness (QED) is 0.376. The SMILES string of the molecule is CCOP(=O)(OCC)[C@@H](C(=O)O)[C@H](C(C)=O)c1ccc([N+](=O)[O-])cc1.